The largest absolute Gasteiger partial charge is 0.0879 e. The fourth-order valence-electron chi connectivity index (χ4n) is 4.11. The highest BCUT2D eigenvalue weighted by atomic mass is 14.6. The zero-order valence-corrected chi connectivity index (χ0v) is 12.1. The summed E-state index contributed by atoms with van der Waals surface area (Å²) >= 11 is 0. The molecule has 0 amide bonds. The van der Waals surface area contributed by atoms with Gasteiger partial charge in [-0.25, -0.2) is 0 Å². The summed E-state index contributed by atoms with van der Waals surface area (Å²) in [5.74, 6) is 2.70. The normalized spacial score (nSPS) is 37.0. The minimum absolute atomic E-state index is 0.541. The maximum atomic E-state index is 2.49. The summed E-state index contributed by atoms with van der Waals surface area (Å²) in [5.41, 5.74) is 2.26. The topological polar surface area (TPSA) is 0 Å². The van der Waals surface area contributed by atoms with E-state index in [4.69, 9.17) is 0 Å². The van der Waals surface area contributed by atoms with Gasteiger partial charge >= 0.3 is 0 Å². The standard InChI is InChI=1S/C16H30/c1-7-12(5)16(15(9-3)10-4)11-14(8-2)13(16)6/h9,12-14H,7-8,10-11H2,1-6H3. The van der Waals surface area contributed by atoms with E-state index in [9.17, 15) is 0 Å². The van der Waals surface area contributed by atoms with Crippen LogP contribution in [-0.2, 0) is 0 Å². The zero-order chi connectivity index (χ0) is 12.3. The van der Waals surface area contributed by atoms with Crippen molar-refractivity contribution in [1.29, 1.82) is 0 Å². The highest BCUT2D eigenvalue weighted by molar-refractivity contribution is 5.22. The van der Waals surface area contributed by atoms with Crippen LogP contribution in [0.3, 0.4) is 0 Å². The highest BCUT2D eigenvalue weighted by Gasteiger charge is 2.53. The van der Waals surface area contributed by atoms with Gasteiger partial charge in [0.1, 0.15) is 0 Å². The van der Waals surface area contributed by atoms with Crippen LogP contribution >= 0.6 is 0 Å². The monoisotopic (exact) mass is 222 g/mol. The van der Waals surface area contributed by atoms with Crippen LogP contribution in [-0.4, -0.2) is 0 Å². The Hall–Kier alpha value is -0.260. The van der Waals surface area contributed by atoms with E-state index in [0.29, 0.717) is 5.41 Å². The van der Waals surface area contributed by atoms with Crippen molar-refractivity contribution < 1.29 is 0 Å². The van der Waals surface area contributed by atoms with Crippen LogP contribution in [0.25, 0.3) is 0 Å². The summed E-state index contributed by atoms with van der Waals surface area (Å²) in [6.07, 6.45) is 7.75. The molecule has 0 saturated heterocycles. The van der Waals surface area contributed by atoms with Crippen LogP contribution < -0.4 is 0 Å². The van der Waals surface area contributed by atoms with Gasteiger partial charge in [-0.05, 0) is 42.9 Å². The first-order valence-corrected chi connectivity index (χ1v) is 7.23. The lowest BCUT2D eigenvalue weighted by atomic mass is 9.45. The molecule has 0 aromatic carbocycles. The summed E-state index contributed by atoms with van der Waals surface area (Å²) in [6.45, 7) is 14.2. The first-order valence-electron chi connectivity index (χ1n) is 7.23. The first kappa shape index (κ1) is 13.8. The van der Waals surface area contributed by atoms with E-state index in [1.165, 1.54) is 25.7 Å². The van der Waals surface area contributed by atoms with Crippen LogP contribution in [0.4, 0.5) is 0 Å². The van der Waals surface area contributed by atoms with Crippen LogP contribution in [0.15, 0.2) is 11.6 Å². The van der Waals surface area contributed by atoms with E-state index in [1.54, 1.807) is 5.57 Å². The lowest BCUT2D eigenvalue weighted by Crippen LogP contribution is -2.51. The predicted octanol–water partition coefficient (Wildman–Crippen LogP) is 5.44. The molecule has 0 heteroatoms. The highest BCUT2D eigenvalue weighted by Crippen LogP contribution is 2.62. The molecule has 0 bridgehead atoms. The zero-order valence-electron chi connectivity index (χ0n) is 12.1. The van der Waals surface area contributed by atoms with Crippen LogP contribution in [0.2, 0.25) is 0 Å². The van der Waals surface area contributed by atoms with Gasteiger partial charge in [-0.2, -0.15) is 0 Å². The molecule has 1 fully saturated rings. The van der Waals surface area contributed by atoms with E-state index in [2.05, 4.69) is 47.6 Å². The van der Waals surface area contributed by atoms with E-state index >= 15 is 0 Å². The number of rotatable bonds is 5. The van der Waals surface area contributed by atoms with Crippen molar-refractivity contribution in [3.63, 3.8) is 0 Å². The lowest BCUT2D eigenvalue weighted by Gasteiger charge is -2.59. The molecule has 1 aliphatic carbocycles. The average Bonchev–Trinajstić information content (AvgIpc) is 2.32. The molecular formula is C16H30. The third kappa shape index (κ3) is 1.85. The van der Waals surface area contributed by atoms with Gasteiger partial charge in [-0.15, -0.1) is 0 Å². The summed E-state index contributed by atoms with van der Waals surface area (Å²) < 4.78 is 0. The smallest absolute Gasteiger partial charge is 0.00318 e. The van der Waals surface area contributed by atoms with Gasteiger partial charge in [0.05, 0.1) is 0 Å². The molecule has 94 valence electrons. The first-order chi connectivity index (χ1) is 7.58. The Balaban J connectivity index is 2.98. The van der Waals surface area contributed by atoms with Crippen molar-refractivity contribution >= 4 is 0 Å². The summed E-state index contributed by atoms with van der Waals surface area (Å²) in [4.78, 5) is 0. The summed E-state index contributed by atoms with van der Waals surface area (Å²) in [7, 11) is 0. The van der Waals surface area contributed by atoms with Crippen LogP contribution in [0.1, 0.15) is 67.2 Å². The quantitative estimate of drug-likeness (QED) is 0.543. The summed E-state index contributed by atoms with van der Waals surface area (Å²) in [5, 5.41) is 0. The molecule has 0 aliphatic heterocycles. The van der Waals surface area contributed by atoms with Crippen molar-refractivity contribution in [2.75, 3.05) is 0 Å². The van der Waals surface area contributed by atoms with Gasteiger partial charge in [0.15, 0.2) is 0 Å². The minimum atomic E-state index is 0.541. The molecule has 0 aromatic heterocycles. The van der Waals surface area contributed by atoms with Gasteiger partial charge in [0.2, 0.25) is 0 Å². The molecule has 1 saturated carbocycles. The third-order valence-electron chi connectivity index (χ3n) is 5.46. The van der Waals surface area contributed by atoms with Gasteiger partial charge < -0.3 is 0 Å². The van der Waals surface area contributed by atoms with Crippen molar-refractivity contribution in [3.05, 3.63) is 11.6 Å². The molecule has 0 N–H and O–H groups in total. The number of allylic oxidation sites excluding steroid dienone is 2. The Morgan fingerprint density at radius 2 is 2.00 bits per heavy atom. The Bertz CT molecular complexity index is 251. The molecule has 0 radical (unpaired) electrons. The second-order valence-corrected chi connectivity index (χ2v) is 5.68. The van der Waals surface area contributed by atoms with Crippen molar-refractivity contribution in [2.24, 2.45) is 23.2 Å². The average molecular weight is 222 g/mol. The number of hydrogen-bond acceptors (Lipinski definition) is 0. The Kier molecular flexibility index (Phi) is 4.64. The van der Waals surface area contributed by atoms with Crippen LogP contribution in [0.5, 0.6) is 0 Å². The van der Waals surface area contributed by atoms with Gasteiger partial charge in [0, 0.05) is 0 Å². The molecule has 4 unspecified atom stereocenters. The molecule has 0 spiro atoms. The minimum Gasteiger partial charge on any atom is -0.0879 e. The maximum Gasteiger partial charge on any atom is -0.00318 e. The maximum absolute atomic E-state index is 2.49. The Morgan fingerprint density at radius 1 is 1.38 bits per heavy atom. The van der Waals surface area contributed by atoms with Crippen molar-refractivity contribution in [2.45, 2.75) is 67.2 Å². The second kappa shape index (κ2) is 5.38. The Morgan fingerprint density at radius 3 is 2.31 bits per heavy atom. The molecule has 16 heavy (non-hydrogen) atoms. The molecule has 0 aromatic rings. The molecule has 4 atom stereocenters. The SMILES string of the molecule is CC=C(CC)C1(C(C)CC)CC(CC)C1C. The van der Waals surface area contributed by atoms with Crippen molar-refractivity contribution in [3.8, 4) is 0 Å². The fourth-order valence-corrected chi connectivity index (χ4v) is 4.11. The molecule has 0 heterocycles. The second-order valence-electron chi connectivity index (χ2n) is 5.68. The van der Waals surface area contributed by atoms with E-state index in [-0.39, 0.29) is 0 Å². The Labute approximate surface area is 103 Å². The van der Waals surface area contributed by atoms with E-state index in [0.717, 1.165) is 17.8 Å². The predicted molar refractivity (Wildman–Crippen MR) is 73.5 cm³/mol. The van der Waals surface area contributed by atoms with Crippen LogP contribution in [0, 0.1) is 23.2 Å². The van der Waals surface area contributed by atoms with Gasteiger partial charge in [-0.1, -0.05) is 59.1 Å². The van der Waals surface area contributed by atoms with Crippen molar-refractivity contribution in [1.82, 2.24) is 0 Å². The summed E-state index contributed by atoms with van der Waals surface area (Å²) in [6, 6.07) is 0. The molecule has 1 aliphatic rings. The van der Waals surface area contributed by atoms with E-state index in [1.807, 2.05) is 0 Å². The van der Waals surface area contributed by atoms with E-state index < -0.39 is 0 Å². The molecule has 0 nitrogen and oxygen atoms in total. The molecular weight excluding hydrogens is 192 g/mol. The molecule has 1 rings (SSSR count). The lowest BCUT2D eigenvalue weighted by molar-refractivity contribution is -0.0480. The van der Waals surface area contributed by atoms with Gasteiger partial charge in [0.25, 0.3) is 0 Å². The van der Waals surface area contributed by atoms with Gasteiger partial charge in [-0.3, -0.25) is 0 Å². The number of hydrogen-bond donors (Lipinski definition) is 0. The third-order valence-corrected chi connectivity index (χ3v) is 5.46. The fraction of sp³-hybridized carbons (Fsp3) is 0.875.